The normalized spacial score (nSPS) is 19.2. The first kappa shape index (κ1) is 14.0. The van der Waals surface area contributed by atoms with Crippen molar-refractivity contribution in [3.8, 4) is 0 Å². The number of carbonyl (C=O) groups excluding carboxylic acids is 1. The number of rotatable bonds is 5. The Kier molecular flexibility index (Phi) is 3.91. The van der Waals surface area contributed by atoms with E-state index in [1.54, 1.807) is 0 Å². The zero-order valence-electron chi connectivity index (χ0n) is 11.9. The number of hydrogen-bond acceptors (Lipinski definition) is 4. The number of nitrogens with zero attached hydrogens (tertiary/aromatic N) is 3. The summed E-state index contributed by atoms with van der Waals surface area (Å²) in [6, 6.07) is 0.212. The van der Waals surface area contributed by atoms with Gasteiger partial charge >= 0.3 is 0 Å². The van der Waals surface area contributed by atoms with Gasteiger partial charge < -0.3 is 15.6 Å². The van der Waals surface area contributed by atoms with E-state index in [9.17, 15) is 4.79 Å². The topological polar surface area (TPSA) is 76.2 Å². The van der Waals surface area contributed by atoms with Crippen LogP contribution >= 0.6 is 0 Å². The summed E-state index contributed by atoms with van der Waals surface area (Å²) in [5.41, 5.74) is 4.86. The van der Waals surface area contributed by atoms with E-state index in [1.165, 1.54) is 0 Å². The van der Waals surface area contributed by atoms with Crippen molar-refractivity contribution >= 4 is 5.91 Å². The molecule has 3 N–H and O–H groups in total. The number of nitrogens with two attached hydrogens (primary N) is 1. The first-order valence-corrected chi connectivity index (χ1v) is 6.71. The molecule has 0 aliphatic carbocycles. The molecule has 0 aromatic carbocycles. The molecule has 6 nitrogen and oxygen atoms in total. The zero-order valence-corrected chi connectivity index (χ0v) is 11.9. The quantitative estimate of drug-likeness (QED) is 0.782. The predicted octanol–water partition coefficient (Wildman–Crippen LogP) is -0.0593. The number of hydrogen-bond donors (Lipinski definition) is 2. The van der Waals surface area contributed by atoms with Crippen molar-refractivity contribution in [2.24, 2.45) is 5.73 Å². The van der Waals surface area contributed by atoms with E-state index < -0.39 is 5.54 Å². The van der Waals surface area contributed by atoms with Gasteiger partial charge in [-0.15, -0.1) is 0 Å². The summed E-state index contributed by atoms with van der Waals surface area (Å²) in [6.07, 6.45) is 3.81. The fraction of sp³-hybridized carbons (Fsp3) is 0.692. The molecule has 0 saturated heterocycles. The molecule has 0 saturated carbocycles. The van der Waals surface area contributed by atoms with Crippen LogP contribution in [0, 0.1) is 0 Å². The molecule has 106 valence electrons. The van der Waals surface area contributed by atoms with Crippen LogP contribution in [-0.2, 0) is 17.9 Å². The SMILES string of the molecule is CC(C)NC(C)(CN1CCn2ccnc2C1)C(N)=O. The molecule has 1 aromatic rings. The highest BCUT2D eigenvalue weighted by Gasteiger charge is 2.34. The van der Waals surface area contributed by atoms with Crippen molar-refractivity contribution in [3.05, 3.63) is 18.2 Å². The monoisotopic (exact) mass is 265 g/mol. The Morgan fingerprint density at radius 2 is 2.32 bits per heavy atom. The first-order valence-electron chi connectivity index (χ1n) is 6.71. The molecule has 0 spiro atoms. The van der Waals surface area contributed by atoms with E-state index in [4.69, 9.17) is 5.73 Å². The molecule has 0 fully saturated rings. The summed E-state index contributed by atoms with van der Waals surface area (Å²) < 4.78 is 2.15. The largest absolute Gasteiger partial charge is 0.368 e. The predicted molar refractivity (Wildman–Crippen MR) is 73.4 cm³/mol. The van der Waals surface area contributed by atoms with Crippen molar-refractivity contribution < 1.29 is 4.79 Å². The first-order chi connectivity index (χ1) is 8.90. The van der Waals surface area contributed by atoms with Gasteiger partial charge in [0.15, 0.2) is 0 Å². The average Bonchev–Trinajstić information content (AvgIpc) is 2.74. The zero-order chi connectivity index (χ0) is 14.0. The van der Waals surface area contributed by atoms with Crippen LogP contribution < -0.4 is 11.1 Å². The Bertz CT molecular complexity index is 456. The van der Waals surface area contributed by atoms with Crippen molar-refractivity contribution in [2.75, 3.05) is 13.1 Å². The van der Waals surface area contributed by atoms with Crippen molar-refractivity contribution in [2.45, 2.75) is 45.4 Å². The van der Waals surface area contributed by atoms with Crippen LogP contribution in [0.25, 0.3) is 0 Å². The molecule has 2 heterocycles. The smallest absolute Gasteiger partial charge is 0.238 e. The van der Waals surface area contributed by atoms with Crippen LogP contribution in [0.1, 0.15) is 26.6 Å². The number of fused-ring (bicyclic) bond motifs is 1. The van der Waals surface area contributed by atoms with Crippen molar-refractivity contribution in [3.63, 3.8) is 0 Å². The summed E-state index contributed by atoms with van der Waals surface area (Å²) in [5, 5.41) is 3.28. The highest BCUT2D eigenvalue weighted by molar-refractivity contribution is 5.84. The molecule has 1 aliphatic rings. The highest BCUT2D eigenvalue weighted by Crippen LogP contribution is 2.15. The number of nitrogens with one attached hydrogen (secondary N) is 1. The maximum Gasteiger partial charge on any atom is 0.238 e. The number of amides is 1. The number of primary amides is 1. The number of carbonyl (C=O) groups is 1. The number of aromatic nitrogens is 2. The fourth-order valence-electron chi connectivity index (χ4n) is 2.64. The Morgan fingerprint density at radius 1 is 1.58 bits per heavy atom. The van der Waals surface area contributed by atoms with Gasteiger partial charge in [0.05, 0.1) is 6.54 Å². The third-order valence-corrected chi connectivity index (χ3v) is 3.51. The van der Waals surface area contributed by atoms with E-state index in [-0.39, 0.29) is 11.9 Å². The van der Waals surface area contributed by atoms with Crippen LogP contribution in [0.4, 0.5) is 0 Å². The lowest BCUT2D eigenvalue weighted by Gasteiger charge is -2.37. The lowest BCUT2D eigenvalue weighted by atomic mass is 9.99. The Labute approximate surface area is 114 Å². The lowest BCUT2D eigenvalue weighted by molar-refractivity contribution is -0.125. The van der Waals surface area contributed by atoms with Gasteiger partial charge in [-0.3, -0.25) is 9.69 Å². The van der Waals surface area contributed by atoms with E-state index in [2.05, 4.69) is 19.8 Å². The van der Waals surface area contributed by atoms with Crippen LogP contribution in [0.3, 0.4) is 0 Å². The standard InChI is InChI=1S/C13H23N5O/c1-10(2)16-13(3,12(14)19)9-17-6-7-18-5-4-15-11(18)8-17/h4-5,10,16H,6-9H2,1-3H3,(H2,14,19). The van der Waals surface area contributed by atoms with Gasteiger partial charge in [-0.05, 0) is 20.8 Å². The molecule has 1 atom stereocenters. The van der Waals surface area contributed by atoms with Gasteiger partial charge in [0, 0.05) is 38.1 Å². The fourth-order valence-corrected chi connectivity index (χ4v) is 2.64. The van der Waals surface area contributed by atoms with Gasteiger partial charge in [-0.2, -0.15) is 0 Å². The Morgan fingerprint density at radius 3 is 2.95 bits per heavy atom. The molecule has 1 unspecified atom stereocenters. The molecule has 2 rings (SSSR count). The van der Waals surface area contributed by atoms with Crippen molar-refractivity contribution in [1.29, 1.82) is 0 Å². The second-order valence-corrected chi connectivity index (χ2v) is 5.74. The summed E-state index contributed by atoms with van der Waals surface area (Å²) >= 11 is 0. The highest BCUT2D eigenvalue weighted by atomic mass is 16.1. The third kappa shape index (κ3) is 3.13. The summed E-state index contributed by atoms with van der Waals surface area (Å²) in [6.45, 7) is 9.09. The van der Waals surface area contributed by atoms with Crippen molar-refractivity contribution in [1.82, 2.24) is 19.8 Å². The second kappa shape index (κ2) is 5.30. The maximum atomic E-state index is 11.7. The van der Waals surface area contributed by atoms with Crippen LogP contribution in [0.2, 0.25) is 0 Å². The number of imidazole rings is 1. The van der Waals surface area contributed by atoms with Gasteiger partial charge in [0.1, 0.15) is 11.4 Å². The molecule has 0 radical (unpaired) electrons. The minimum Gasteiger partial charge on any atom is -0.368 e. The Hall–Kier alpha value is -1.40. The second-order valence-electron chi connectivity index (χ2n) is 5.74. The van der Waals surface area contributed by atoms with E-state index in [0.717, 1.165) is 25.5 Å². The van der Waals surface area contributed by atoms with E-state index >= 15 is 0 Å². The van der Waals surface area contributed by atoms with Gasteiger partial charge in [0.2, 0.25) is 5.91 Å². The van der Waals surface area contributed by atoms with Crippen LogP contribution in [-0.4, -0.2) is 45.0 Å². The van der Waals surface area contributed by atoms with E-state index in [0.29, 0.717) is 6.54 Å². The molecule has 0 bridgehead atoms. The third-order valence-electron chi connectivity index (χ3n) is 3.51. The molecular formula is C13H23N5O. The molecular weight excluding hydrogens is 242 g/mol. The van der Waals surface area contributed by atoms with Crippen LogP contribution in [0.5, 0.6) is 0 Å². The van der Waals surface area contributed by atoms with Gasteiger partial charge in [0.25, 0.3) is 0 Å². The lowest BCUT2D eigenvalue weighted by Crippen LogP contribution is -2.61. The average molecular weight is 265 g/mol. The van der Waals surface area contributed by atoms with Gasteiger partial charge in [-0.25, -0.2) is 4.98 Å². The van der Waals surface area contributed by atoms with E-state index in [1.807, 2.05) is 33.2 Å². The Balaban J connectivity index is 2.05. The molecule has 1 amide bonds. The summed E-state index contributed by atoms with van der Waals surface area (Å²) in [4.78, 5) is 18.3. The van der Waals surface area contributed by atoms with Gasteiger partial charge in [-0.1, -0.05) is 0 Å². The molecule has 1 aromatic heterocycles. The minimum atomic E-state index is -0.705. The minimum absolute atomic E-state index is 0.212. The molecule has 19 heavy (non-hydrogen) atoms. The van der Waals surface area contributed by atoms with Crippen LogP contribution in [0.15, 0.2) is 12.4 Å². The summed E-state index contributed by atoms with van der Waals surface area (Å²) in [7, 11) is 0. The molecule has 1 aliphatic heterocycles. The summed E-state index contributed by atoms with van der Waals surface area (Å²) in [5.74, 6) is 0.734. The maximum absolute atomic E-state index is 11.7. The molecule has 6 heteroatoms.